The Labute approximate surface area is 67.9 Å². The summed E-state index contributed by atoms with van der Waals surface area (Å²) in [4.78, 5) is 3.87. The van der Waals surface area contributed by atoms with E-state index in [1.54, 1.807) is 6.20 Å². The zero-order valence-corrected chi connectivity index (χ0v) is 6.14. The van der Waals surface area contributed by atoms with E-state index in [0.29, 0.717) is 11.6 Å². The molecule has 0 amide bonds. The maximum absolute atomic E-state index is 5.18. The third-order valence-corrected chi connectivity index (χ3v) is 1.26. The zero-order chi connectivity index (χ0) is 8.23. The smallest absolute Gasteiger partial charge is 0.232 e. The van der Waals surface area contributed by atoms with Gasteiger partial charge in [0.2, 0.25) is 5.89 Å². The minimum absolute atomic E-state index is 0.286. The average molecular weight is 166 g/mol. The van der Waals surface area contributed by atoms with E-state index in [9.17, 15) is 0 Å². The largest absolute Gasteiger partial charge is 0.479 e. The van der Waals surface area contributed by atoms with E-state index in [-0.39, 0.29) is 6.61 Å². The van der Waals surface area contributed by atoms with Gasteiger partial charge in [0, 0.05) is 0 Å². The second-order valence-corrected chi connectivity index (χ2v) is 2.07. The molecule has 0 atom stereocenters. The van der Waals surface area contributed by atoms with E-state index < -0.39 is 0 Å². The van der Waals surface area contributed by atoms with Crippen molar-refractivity contribution in [3.05, 3.63) is 30.8 Å². The highest BCUT2D eigenvalue weighted by molar-refractivity contribution is 5.08. The van der Waals surface area contributed by atoms with Crippen LogP contribution in [-0.2, 0) is 6.61 Å². The maximum atomic E-state index is 5.18. The Morgan fingerprint density at radius 2 is 2.50 bits per heavy atom. The van der Waals surface area contributed by atoms with Gasteiger partial charge in [-0.25, -0.2) is 4.98 Å². The lowest BCUT2D eigenvalue weighted by Gasteiger charge is -1.96. The number of hydrogen-bond acceptors (Lipinski definition) is 5. The van der Waals surface area contributed by atoms with Crippen LogP contribution in [0.25, 0.3) is 0 Å². The van der Waals surface area contributed by atoms with Gasteiger partial charge < -0.3 is 13.7 Å². The van der Waals surface area contributed by atoms with Gasteiger partial charge in [-0.15, -0.1) is 0 Å². The normalized spacial score (nSPS) is 10.0. The van der Waals surface area contributed by atoms with E-state index in [2.05, 4.69) is 14.7 Å². The number of hydrogen-bond donors (Lipinski definition) is 0. The van der Waals surface area contributed by atoms with Gasteiger partial charge >= 0.3 is 0 Å². The predicted octanol–water partition coefficient (Wildman–Crippen LogP) is 1.24. The molecular weight excluding hydrogens is 160 g/mol. The summed E-state index contributed by atoms with van der Waals surface area (Å²) < 4.78 is 14.7. The molecule has 0 fully saturated rings. The lowest BCUT2D eigenvalue weighted by atomic mass is 10.6. The molecule has 0 unspecified atom stereocenters. The van der Waals surface area contributed by atoms with Crippen LogP contribution in [0.5, 0.6) is 5.75 Å². The summed E-state index contributed by atoms with van der Waals surface area (Å²) in [6, 6.07) is 0. The second-order valence-electron chi connectivity index (χ2n) is 2.07. The zero-order valence-electron chi connectivity index (χ0n) is 6.14. The van der Waals surface area contributed by atoms with Crippen molar-refractivity contribution in [2.75, 3.05) is 0 Å². The Morgan fingerprint density at radius 3 is 3.17 bits per heavy atom. The topological polar surface area (TPSA) is 61.3 Å². The Morgan fingerprint density at radius 1 is 1.50 bits per heavy atom. The summed E-state index contributed by atoms with van der Waals surface area (Å²) in [6.45, 7) is 0.286. The molecule has 0 aromatic carbocycles. The number of oxazole rings is 1. The van der Waals surface area contributed by atoms with Crippen LogP contribution in [0.3, 0.4) is 0 Å². The fraction of sp³-hybridized carbons (Fsp3) is 0.143. The third-order valence-electron chi connectivity index (χ3n) is 1.26. The molecule has 0 spiro atoms. The standard InChI is InChI=1S/C7H6N2O3/c1-2-10-7(8-1)5-11-6-3-9-12-4-6/h1-4H,5H2. The predicted molar refractivity (Wildman–Crippen MR) is 37.3 cm³/mol. The highest BCUT2D eigenvalue weighted by Gasteiger charge is 1.99. The molecule has 5 heteroatoms. The van der Waals surface area contributed by atoms with Gasteiger partial charge in [-0.3, -0.25) is 0 Å². The first-order valence-electron chi connectivity index (χ1n) is 3.36. The molecule has 0 saturated heterocycles. The molecule has 2 aromatic heterocycles. The molecule has 0 aliphatic rings. The summed E-state index contributed by atoms with van der Waals surface area (Å²) in [6.07, 6.45) is 5.94. The highest BCUT2D eigenvalue weighted by Crippen LogP contribution is 2.09. The van der Waals surface area contributed by atoms with Crippen molar-refractivity contribution in [1.82, 2.24) is 10.1 Å². The maximum Gasteiger partial charge on any atom is 0.232 e. The summed E-state index contributed by atoms with van der Waals surface area (Å²) in [5, 5.41) is 3.47. The first-order chi connectivity index (χ1) is 5.95. The SMILES string of the molecule is c1coc(COc2cnoc2)n1. The van der Waals surface area contributed by atoms with Gasteiger partial charge in [-0.2, -0.15) is 0 Å². The second kappa shape index (κ2) is 3.08. The molecule has 2 aromatic rings. The molecule has 0 N–H and O–H groups in total. The van der Waals surface area contributed by atoms with Crippen molar-refractivity contribution in [3.63, 3.8) is 0 Å². The van der Waals surface area contributed by atoms with Crippen molar-refractivity contribution >= 4 is 0 Å². The van der Waals surface area contributed by atoms with Crippen LogP contribution in [0.4, 0.5) is 0 Å². The summed E-state index contributed by atoms with van der Waals surface area (Å²) in [5.41, 5.74) is 0. The van der Waals surface area contributed by atoms with Gasteiger partial charge in [0.05, 0.1) is 6.20 Å². The lowest BCUT2D eigenvalue weighted by molar-refractivity contribution is 0.260. The molecule has 12 heavy (non-hydrogen) atoms. The highest BCUT2D eigenvalue weighted by atomic mass is 16.5. The van der Waals surface area contributed by atoms with Crippen LogP contribution in [0.2, 0.25) is 0 Å². The van der Waals surface area contributed by atoms with Crippen LogP contribution >= 0.6 is 0 Å². The first-order valence-corrected chi connectivity index (χ1v) is 3.36. The van der Waals surface area contributed by atoms with Crippen molar-refractivity contribution in [2.45, 2.75) is 6.61 Å². The van der Waals surface area contributed by atoms with Crippen molar-refractivity contribution in [3.8, 4) is 5.75 Å². The van der Waals surface area contributed by atoms with Crippen molar-refractivity contribution < 1.29 is 13.7 Å². The number of aromatic nitrogens is 2. The lowest BCUT2D eigenvalue weighted by Crippen LogP contribution is -1.93. The summed E-state index contributed by atoms with van der Waals surface area (Å²) in [7, 11) is 0. The van der Waals surface area contributed by atoms with Crippen molar-refractivity contribution in [2.24, 2.45) is 0 Å². The minimum Gasteiger partial charge on any atom is -0.479 e. The molecule has 2 heterocycles. The van der Waals surface area contributed by atoms with E-state index in [1.807, 2.05) is 0 Å². The number of ether oxygens (including phenoxy) is 1. The molecule has 0 aliphatic heterocycles. The van der Waals surface area contributed by atoms with Crippen LogP contribution in [0.15, 0.2) is 33.9 Å². The van der Waals surface area contributed by atoms with E-state index >= 15 is 0 Å². The fourth-order valence-corrected chi connectivity index (χ4v) is 0.736. The Hall–Kier alpha value is -1.78. The molecule has 2 rings (SSSR count). The third kappa shape index (κ3) is 1.45. The summed E-state index contributed by atoms with van der Waals surface area (Å²) in [5.74, 6) is 1.09. The minimum atomic E-state index is 0.286. The van der Waals surface area contributed by atoms with Crippen molar-refractivity contribution in [1.29, 1.82) is 0 Å². The van der Waals surface area contributed by atoms with Gasteiger partial charge in [0.25, 0.3) is 0 Å². The molecule has 0 aliphatic carbocycles. The number of rotatable bonds is 3. The molecule has 5 nitrogen and oxygen atoms in total. The van der Waals surface area contributed by atoms with Crippen LogP contribution < -0.4 is 4.74 Å². The van der Waals surface area contributed by atoms with Crippen LogP contribution in [0, 0.1) is 0 Å². The van der Waals surface area contributed by atoms with E-state index in [1.165, 1.54) is 18.7 Å². The van der Waals surface area contributed by atoms with Gasteiger partial charge in [-0.05, 0) is 0 Å². The molecule has 0 radical (unpaired) electrons. The van der Waals surface area contributed by atoms with E-state index in [0.717, 1.165) is 0 Å². The Balaban J connectivity index is 1.91. The van der Waals surface area contributed by atoms with Crippen LogP contribution in [0.1, 0.15) is 5.89 Å². The first kappa shape index (κ1) is 6.90. The quantitative estimate of drug-likeness (QED) is 0.686. The summed E-state index contributed by atoms with van der Waals surface area (Å²) >= 11 is 0. The monoisotopic (exact) mass is 166 g/mol. The van der Waals surface area contributed by atoms with Crippen LogP contribution in [-0.4, -0.2) is 10.1 Å². The van der Waals surface area contributed by atoms with Gasteiger partial charge in [0.1, 0.15) is 12.5 Å². The number of nitrogens with zero attached hydrogens (tertiary/aromatic N) is 2. The van der Waals surface area contributed by atoms with Gasteiger partial charge in [0.15, 0.2) is 18.6 Å². The molecule has 0 saturated carbocycles. The molecule has 62 valence electrons. The molecular formula is C7H6N2O3. The van der Waals surface area contributed by atoms with Gasteiger partial charge in [-0.1, -0.05) is 5.16 Å². The Kier molecular flexibility index (Phi) is 1.77. The Bertz CT molecular complexity index is 280. The molecule has 0 bridgehead atoms. The average Bonchev–Trinajstić information content (AvgIpc) is 2.74. The van der Waals surface area contributed by atoms with E-state index in [4.69, 9.17) is 9.15 Å². The fourth-order valence-electron chi connectivity index (χ4n) is 0.736.